The van der Waals surface area contributed by atoms with E-state index in [1.807, 2.05) is 77.7 Å². The van der Waals surface area contributed by atoms with Crippen LogP contribution in [0.5, 0.6) is 5.75 Å². The maximum absolute atomic E-state index is 13.3. The number of fused-ring (bicyclic) bond motifs is 2. The molecule has 32 heavy (non-hydrogen) atoms. The van der Waals surface area contributed by atoms with E-state index >= 15 is 0 Å². The number of aromatic nitrogens is 2. The minimum Gasteiger partial charge on any atom is -0.484 e. The number of carbonyl (C=O) groups is 1. The molecule has 1 aliphatic carbocycles. The van der Waals surface area contributed by atoms with E-state index in [2.05, 4.69) is 10.1 Å². The smallest absolute Gasteiger partial charge is 0.264 e. The van der Waals surface area contributed by atoms with Crippen LogP contribution in [-0.2, 0) is 6.61 Å². The number of para-hydroxylation sites is 1. The van der Waals surface area contributed by atoms with Crippen molar-refractivity contribution in [2.24, 2.45) is 0 Å². The van der Waals surface area contributed by atoms with Crippen LogP contribution in [0.4, 0.5) is 5.69 Å². The lowest BCUT2D eigenvalue weighted by molar-refractivity contribution is 0.0982. The zero-order valence-electron chi connectivity index (χ0n) is 17.1. The van der Waals surface area contributed by atoms with Gasteiger partial charge in [-0.1, -0.05) is 47.3 Å². The molecule has 4 aromatic rings. The molecule has 0 spiro atoms. The number of anilines is 1. The molecule has 1 amide bonds. The van der Waals surface area contributed by atoms with E-state index in [0.717, 1.165) is 45.2 Å². The average molecular weight is 442 g/mol. The Labute approximate surface area is 189 Å². The molecule has 1 fully saturated rings. The van der Waals surface area contributed by atoms with Gasteiger partial charge in [-0.05, 0) is 55.3 Å². The Morgan fingerprint density at radius 3 is 2.66 bits per heavy atom. The van der Waals surface area contributed by atoms with Gasteiger partial charge in [-0.2, -0.15) is 4.98 Å². The molecule has 0 N–H and O–H groups in total. The molecule has 0 atom stereocenters. The van der Waals surface area contributed by atoms with E-state index in [4.69, 9.17) is 9.26 Å². The highest BCUT2D eigenvalue weighted by atomic mass is 32.2. The third kappa shape index (κ3) is 3.54. The summed E-state index contributed by atoms with van der Waals surface area (Å²) < 4.78 is 11.1. The van der Waals surface area contributed by atoms with E-state index < -0.39 is 0 Å². The van der Waals surface area contributed by atoms with Gasteiger partial charge in [0.05, 0.1) is 11.3 Å². The Morgan fingerprint density at radius 1 is 1.00 bits per heavy atom. The lowest BCUT2D eigenvalue weighted by Gasteiger charge is -2.22. The minimum absolute atomic E-state index is 0.0713. The first-order valence-corrected chi connectivity index (χ1v) is 11.3. The number of carbonyl (C=O) groups excluding carboxylic acids is 1. The number of benzene rings is 3. The quantitative estimate of drug-likeness (QED) is 0.402. The zero-order chi connectivity index (χ0) is 21.5. The summed E-state index contributed by atoms with van der Waals surface area (Å²) in [4.78, 5) is 21.7. The van der Waals surface area contributed by atoms with Gasteiger partial charge in [-0.15, -0.1) is 0 Å². The van der Waals surface area contributed by atoms with Crippen LogP contribution >= 0.6 is 11.8 Å². The molecule has 7 heteroatoms. The number of rotatable bonds is 5. The second-order valence-corrected chi connectivity index (χ2v) is 8.88. The van der Waals surface area contributed by atoms with E-state index in [-0.39, 0.29) is 18.6 Å². The molecule has 6 nitrogen and oxygen atoms in total. The second-order valence-electron chi connectivity index (χ2n) is 7.80. The molecule has 0 bridgehead atoms. The number of hydrogen-bond acceptors (Lipinski definition) is 6. The van der Waals surface area contributed by atoms with Crippen molar-refractivity contribution in [3.05, 3.63) is 84.3 Å². The molecule has 0 radical (unpaired) electrons. The predicted molar refractivity (Wildman–Crippen MR) is 121 cm³/mol. The predicted octanol–water partition coefficient (Wildman–Crippen LogP) is 5.59. The maximum Gasteiger partial charge on any atom is 0.264 e. The summed E-state index contributed by atoms with van der Waals surface area (Å²) in [7, 11) is 0. The highest BCUT2D eigenvalue weighted by molar-refractivity contribution is 7.99. The summed E-state index contributed by atoms with van der Waals surface area (Å²) in [6.07, 6.45) is 2.07. The van der Waals surface area contributed by atoms with E-state index in [0.29, 0.717) is 11.7 Å². The number of nitrogens with zero attached hydrogens (tertiary/aromatic N) is 3. The maximum atomic E-state index is 13.3. The molecule has 2 heterocycles. The molecule has 0 unspecified atom stereocenters. The van der Waals surface area contributed by atoms with Gasteiger partial charge in [0.25, 0.3) is 11.8 Å². The van der Waals surface area contributed by atoms with E-state index in [1.54, 1.807) is 11.8 Å². The van der Waals surface area contributed by atoms with Gasteiger partial charge in [0.15, 0.2) is 6.61 Å². The third-order valence-corrected chi connectivity index (χ3v) is 6.64. The van der Waals surface area contributed by atoms with Crippen molar-refractivity contribution in [1.29, 1.82) is 0 Å². The Balaban J connectivity index is 1.31. The number of ether oxygens (including phenoxy) is 1. The van der Waals surface area contributed by atoms with Crippen LogP contribution in [0.1, 0.15) is 29.1 Å². The van der Waals surface area contributed by atoms with Crippen LogP contribution in [0.3, 0.4) is 0 Å². The van der Waals surface area contributed by atoms with Crippen LogP contribution in [0.2, 0.25) is 0 Å². The first-order valence-electron chi connectivity index (χ1n) is 10.5. The Morgan fingerprint density at radius 2 is 1.81 bits per heavy atom. The fourth-order valence-electron chi connectivity index (χ4n) is 3.81. The van der Waals surface area contributed by atoms with Crippen molar-refractivity contribution in [3.63, 3.8) is 0 Å². The molecule has 6 rings (SSSR count). The Kier molecular flexibility index (Phi) is 4.69. The highest BCUT2D eigenvalue weighted by Gasteiger charge is 2.38. The second kappa shape index (κ2) is 7.84. The van der Waals surface area contributed by atoms with Gasteiger partial charge >= 0.3 is 0 Å². The molecule has 1 aliphatic heterocycles. The Hall–Kier alpha value is -3.58. The summed E-state index contributed by atoms with van der Waals surface area (Å²) in [5.74, 6) is 1.73. The lowest BCUT2D eigenvalue weighted by atomic mass is 10.1. The van der Waals surface area contributed by atoms with Crippen LogP contribution < -0.4 is 9.64 Å². The van der Waals surface area contributed by atoms with Gasteiger partial charge < -0.3 is 14.2 Å². The topological polar surface area (TPSA) is 68.5 Å². The summed E-state index contributed by atoms with van der Waals surface area (Å²) >= 11 is 1.61. The minimum atomic E-state index is 0.0713. The SMILES string of the molecule is O=C1c2ccccc2Sc2cc(-c3noc(COc4ccccc4)n3)ccc2N1C1CC1. The van der Waals surface area contributed by atoms with Crippen molar-refractivity contribution >= 4 is 23.4 Å². The van der Waals surface area contributed by atoms with Crippen molar-refractivity contribution in [3.8, 4) is 17.1 Å². The first kappa shape index (κ1) is 19.1. The van der Waals surface area contributed by atoms with Crippen LogP contribution in [-0.4, -0.2) is 22.1 Å². The molecule has 2 aliphatic rings. The summed E-state index contributed by atoms with van der Waals surface area (Å²) in [6, 6.07) is 23.6. The number of hydrogen-bond donors (Lipinski definition) is 0. The highest BCUT2D eigenvalue weighted by Crippen LogP contribution is 2.46. The van der Waals surface area contributed by atoms with Crippen LogP contribution in [0.25, 0.3) is 11.4 Å². The van der Waals surface area contributed by atoms with Crippen molar-refractivity contribution < 1.29 is 14.1 Å². The van der Waals surface area contributed by atoms with E-state index in [9.17, 15) is 4.79 Å². The Bertz CT molecular complexity index is 1300. The summed E-state index contributed by atoms with van der Waals surface area (Å²) in [5, 5.41) is 4.14. The monoisotopic (exact) mass is 441 g/mol. The fourth-order valence-corrected chi connectivity index (χ4v) is 4.92. The number of amides is 1. The average Bonchev–Trinajstić information content (AvgIpc) is 3.57. The lowest BCUT2D eigenvalue weighted by Crippen LogP contribution is -2.32. The van der Waals surface area contributed by atoms with Crippen LogP contribution in [0.15, 0.2) is 87.1 Å². The normalized spacial score (nSPS) is 15.1. The van der Waals surface area contributed by atoms with Gasteiger partial charge in [0.2, 0.25) is 5.82 Å². The zero-order valence-corrected chi connectivity index (χ0v) is 17.9. The first-order chi connectivity index (χ1) is 15.8. The molecule has 1 saturated carbocycles. The van der Waals surface area contributed by atoms with Gasteiger partial charge in [0.1, 0.15) is 5.75 Å². The van der Waals surface area contributed by atoms with Crippen molar-refractivity contribution in [2.45, 2.75) is 35.3 Å². The van der Waals surface area contributed by atoms with E-state index in [1.165, 1.54) is 0 Å². The van der Waals surface area contributed by atoms with Gasteiger partial charge in [-0.3, -0.25) is 4.79 Å². The molecule has 0 saturated heterocycles. The fraction of sp³-hybridized carbons (Fsp3) is 0.160. The largest absolute Gasteiger partial charge is 0.484 e. The van der Waals surface area contributed by atoms with Crippen molar-refractivity contribution in [1.82, 2.24) is 10.1 Å². The molecular weight excluding hydrogens is 422 g/mol. The van der Waals surface area contributed by atoms with Gasteiger partial charge in [-0.25, -0.2) is 0 Å². The molecule has 1 aromatic heterocycles. The standard InChI is InChI=1S/C25H19N3O3S/c29-25-19-8-4-5-9-21(19)32-22-14-16(10-13-20(22)28(25)17-11-12-17)24-26-23(31-27-24)15-30-18-6-2-1-3-7-18/h1-10,13-14,17H,11-12,15H2. The van der Waals surface area contributed by atoms with Crippen LogP contribution in [0, 0.1) is 0 Å². The summed E-state index contributed by atoms with van der Waals surface area (Å²) in [5.41, 5.74) is 2.54. The molecule has 3 aromatic carbocycles. The summed E-state index contributed by atoms with van der Waals surface area (Å²) in [6.45, 7) is 0.202. The van der Waals surface area contributed by atoms with Crippen molar-refractivity contribution in [2.75, 3.05) is 4.90 Å². The molecule has 158 valence electrons. The molecular formula is C25H19N3O3S. The third-order valence-electron chi connectivity index (χ3n) is 5.52. The van der Waals surface area contributed by atoms with Gasteiger partial charge in [0, 0.05) is 21.4 Å².